The molecule has 2 rings (SSSR count). The Hall–Kier alpha value is -2.69. The Bertz CT molecular complexity index is 807. The Morgan fingerprint density at radius 1 is 1.07 bits per heavy atom. The number of rotatable bonds is 9. The molecule has 2 aromatic rings. The second kappa shape index (κ2) is 10.6. The Labute approximate surface area is 166 Å². The fourth-order valence-electron chi connectivity index (χ4n) is 3.00. The zero-order valence-electron chi connectivity index (χ0n) is 16.9. The number of carbonyl (C=O) groups excluding carboxylic acids is 2. The molecule has 0 aromatic heterocycles. The normalized spacial score (nSPS) is 11.7. The number of aryl methyl sites for hydroxylation is 1. The highest BCUT2D eigenvalue weighted by atomic mass is 19.1. The second-order valence-corrected chi connectivity index (χ2v) is 7.04. The van der Waals surface area contributed by atoms with Gasteiger partial charge in [0.05, 0.1) is 6.42 Å². The summed E-state index contributed by atoms with van der Waals surface area (Å²) >= 11 is 0. The summed E-state index contributed by atoms with van der Waals surface area (Å²) in [5, 5.41) is 2.89. The van der Waals surface area contributed by atoms with Crippen molar-refractivity contribution < 1.29 is 14.0 Å². The van der Waals surface area contributed by atoms with Crippen LogP contribution in [0.4, 0.5) is 4.39 Å². The Morgan fingerprint density at radius 2 is 1.71 bits per heavy atom. The van der Waals surface area contributed by atoms with E-state index in [1.807, 2.05) is 31.2 Å². The minimum Gasteiger partial charge on any atom is -0.354 e. The molecule has 0 aliphatic carbocycles. The first kappa shape index (κ1) is 21.6. The Morgan fingerprint density at radius 3 is 2.36 bits per heavy atom. The van der Waals surface area contributed by atoms with Gasteiger partial charge in [0.1, 0.15) is 11.9 Å². The molecule has 4 nitrogen and oxygen atoms in total. The van der Waals surface area contributed by atoms with Crippen molar-refractivity contribution in [1.29, 1.82) is 0 Å². The van der Waals surface area contributed by atoms with E-state index in [1.54, 1.807) is 25.1 Å². The van der Waals surface area contributed by atoms with Crippen molar-refractivity contribution in [3.8, 4) is 0 Å². The van der Waals surface area contributed by atoms with Crippen LogP contribution in [0, 0.1) is 12.7 Å². The van der Waals surface area contributed by atoms with Crippen LogP contribution in [0.1, 0.15) is 43.4 Å². The van der Waals surface area contributed by atoms with E-state index >= 15 is 0 Å². The van der Waals surface area contributed by atoms with Crippen LogP contribution in [-0.2, 0) is 22.6 Å². The molecule has 0 bridgehead atoms. The van der Waals surface area contributed by atoms with Crippen molar-refractivity contribution >= 4 is 11.8 Å². The molecule has 1 N–H and O–H groups in total. The van der Waals surface area contributed by atoms with E-state index in [1.165, 1.54) is 11.0 Å². The zero-order valence-corrected chi connectivity index (χ0v) is 16.9. The molecule has 0 aliphatic rings. The van der Waals surface area contributed by atoms with E-state index in [0.29, 0.717) is 18.7 Å². The third-order valence-corrected chi connectivity index (χ3v) is 4.90. The van der Waals surface area contributed by atoms with Crippen molar-refractivity contribution in [2.45, 2.75) is 52.6 Å². The minimum atomic E-state index is -0.643. The first-order valence-electron chi connectivity index (χ1n) is 9.79. The van der Waals surface area contributed by atoms with E-state index in [4.69, 9.17) is 0 Å². The third kappa shape index (κ3) is 5.91. The van der Waals surface area contributed by atoms with Crippen LogP contribution < -0.4 is 5.32 Å². The summed E-state index contributed by atoms with van der Waals surface area (Å²) in [5.41, 5.74) is 2.35. The molecule has 0 heterocycles. The van der Waals surface area contributed by atoms with Crippen molar-refractivity contribution in [2.75, 3.05) is 6.54 Å². The fraction of sp³-hybridized carbons (Fsp3) is 0.391. The molecule has 0 unspecified atom stereocenters. The van der Waals surface area contributed by atoms with Crippen LogP contribution >= 0.6 is 0 Å². The number of nitrogens with zero attached hydrogens (tertiary/aromatic N) is 1. The lowest BCUT2D eigenvalue weighted by Crippen LogP contribution is -2.48. The van der Waals surface area contributed by atoms with Crippen LogP contribution in [0.3, 0.4) is 0 Å². The van der Waals surface area contributed by atoms with Gasteiger partial charge in [-0.05, 0) is 43.0 Å². The monoisotopic (exact) mass is 384 g/mol. The number of halogens is 1. The van der Waals surface area contributed by atoms with E-state index < -0.39 is 11.9 Å². The maximum absolute atomic E-state index is 14.0. The molecular formula is C23H29FN2O2. The van der Waals surface area contributed by atoms with Gasteiger partial charge in [-0.2, -0.15) is 0 Å². The van der Waals surface area contributed by atoms with Crippen LogP contribution in [0.15, 0.2) is 48.5 Å². The molecule has 28 heavy (non-hydrogen) atoms. The standard InChI is InChI=1S/C23H29FN2O2/c1-4-5-14-25-23(28)18(3)26(16-20-12-7-6-10-17(20)2)22(27)15-19-11-8-9-13-21(19)24/h6-13,18H,4-5,14-16H2,1-3H3,(H,25,28)/t18-/m1/s1. The molecule has 1 atom stereocenters. The summed E-state index contributed by atoms with van der Waals surface area (Å²) < 4.78 is 14.0. The Balaban J connectivity index is 2.22. The van der Waals surface area contributed by atoms with E-state index in [0.717, 1.165) is 24.0 Å². The highest BCUT2D eigenvalue weighted by Gasteiger charge is 2.26. The molecule has 2 aromatic carbocycles. The van der Waals surface area contributed by atoms with Gasteiger partial charge in [-0.3, -0.25) is 9.59 Å². The quantitative estimate of drug-likeness (QED) is 0.664. The van der Waals surface area contributed by atoms with Crippen LogP contribution in [0.2, 0.25) is 0 Å². The zero-order chi connectivity index (χ0) is 20.5. The summed E-state index contributed by atoms with van der Waals surface area (Å²) in [6.07, 6.45) is 1.79. The highest BCUT2D eigenvalue weighted by molar-refractivity contribution is 5.88. The first-order valence-corrected chi connectivity index (χ1v) is 9.79. The summed E-state index contributed by atoms with van der Waals surface area (Å²) in [7, 11) is 0. The van der Waals surface area contributed by atoms with Crippen molar-refractivity contribution in [3.63, 3.8) is 0 Å². The smallest absolute Gasteiger partial charge is 0.242 e. The summed E-state index contributed by atoms with van der Waals surface area (Å²) in [6.45, 7) is 6.64. The van der Waals surface area contributed by atoms with Gasteiger partial charge in [0.2, 0.25) is 11.8 Å². The number of nitrogens with one attached hydrogen (secondary N) is 1. The van der Waals surface area contributed by atoms with E-state index in [2.05, 4.69) is 12.2 Å². The number of amides is 2. The molecule has 150 valence electrons. The molecular weight excluding hydrogens is 355 g/mol. The number of hydrogen-bond donors (Lipinski definition) is 1. The van der Waals surface area contributed by atoms with Gasteiger partial charge in [0.25, 0.3) is 0 Å². The SMILES string of the molecule is CCCCNC(=O)[C@@H](C)N(Cc1ccccc1C)C(=O)Cc1ccccc1F. The highest BCUT2D eigenvalue weighted by Crippen LogP contribution is 2.16. The van der Waals surface area contributed by atoms with Gasteiger partial charge in [0, 0.05) is 13.1 Å². The second-order valence-electron chi connectivity index (χ2n) is 7.04. The lowest BCUT2D eigenvalue weighted by molar-refractivity contribution is -0.140. The van der Waals surface area contributed by atoms with Gasteiger partial charge in [-0.15, -0.1) is 0 Å². The molecule has 2 amide bonds. The third-order valence-electron chi connectivity index (χ3n) is 4.90. The average Bonchev–Trinajstić information content (AvgIpc) is 2.68. The van der Waals surface area contributed by atoms with Gasteiger partial charge < -0.3 is 10.2 Å². The van der Waals surface area contributed by atoms with E-state index in [9.17, 15) is 14.0 Å². The Kier molecular flexibility index (Phi) is 8.18. The van der Waals surface area contributed by atoms with E-state index in [-0.39, 0.29) is 18.2 Å². The topological polar surface area (TPSA) is 49.4 Å². The average molecular weight is 384 g/mol. The molecule has 0 fully saturated rings. The predicted molar refractivity (Wildman–Crippen MR) is 109 cm³/mol. The number of hydrogen-bond acceptors (Lipinski definition) is 2. The maximum Gasteiger partial charge on any atom is 0.242 e. The van der Waals surface area contributed by atoms with Gasteiger partial charge >= 0.3 is 0 Å². The van der Waals surface area contributed by atoms with Crippen molar-refractivity contribution in [3.05, 3.63) is 71.0 Å². The molecule has 0 saturated carbocycles. The summed E-state index contributed by atoms with van der Waals surface area (Å²) in [4.78, 5) is 27.2. The largest absolute Gasteiger partial charge is 0.354 e. The van der Waals surface area contributed by atoms with Crippen molar-refractivity contribution in [1.82, 2.24) is 10.2 Å². The van der Waals surface area contributed by atoms with Crippen molar-refractivity contribution in [2.24, 2.45) is 0 Å². The van der Waals surface area contributed by atoms with Crippen LogP contribution in [0.5, 0.6) is 0 Å². The maximum atomic E-state index is 14.0. The number of benzene rings is 2. The minimum absolute atomic E-state index is 0.0782. The summed E-state index contributed by atoms with van der Waals surface area (Å²) in [5.74, 6) is -0.873. The number of unbranched alkanes of at least 4 members (excludes halogenated alkanes) is 1. The van der Waals surface area contributed by atoms with Crippen LogP contribution in [0.25, 0.3) is 0 Å². The summed E-state index contributed by atoms with van der Waals surface area (Å²) in [6, 6.07) is 13.4. The lowest BCUT2D eigenvalue weighted by Gasteiger charge is -2.29. The lowest BCUT2D eigenvalue weighted by atomic mass is 10.1. The molecule has 5 heteroatoms. The molecule has 0 aliphatic heterocycles. The predicted octanol–water partition coefficient (Wildman–Crippen LogP) is 4.01. The van der Waals surface area contributed by atoms with Gasteiger partial charge in [-0.1, -0.05) is 55.8 Å². The fourth-order valence-corrected chi connectivity index (χ4v) is 3.00. The first-order chi connectivity index (χ1) is 13.4. The molecule has 0 saturated heterocycles. The molecule has 0 radical (unpaired) electrons. The van der Waals surface area contributed by atoms with Crippen LogP contribution in [-0.4, -0.2) is 29.3 Å². The number of carbonyl (C=O) groups is 2. The van der Waals surface area contributed by atoms with Gasteiger partial charge in [0.15, 0.2) is 0 Å². The molecule has 0 spiro atoms. The van der Waals surface area contributed by atoms with Gasteiger partial charge in [-0.25, -0.2) is 4.39 Å².